The second-order valence-electron chi connectivity index (χ2n) is 6.62. The molecule has 0 heterocycles. The van der Waals surface area contributed by atoms with E-state index in [1.807, 2.05) is 30.1 Å². The van der Waals surface area contributed by atoms with Gasteiger partial charge in [-0.3, -0.25) is 4.79 Å². The molecule has 0 radical (unpaired) electrons. The minimum atomic E-state index is 0.152. The molecule has 0 aliphatic heterocycles. The van der Waals surface area contributed by atoms with Crippen LogP contribution in [0.3, 0.4) is 0 Å². The Bertz CT molecular complexity index is 683. The molecule has 2 atom stereocenters. The molecule has 126 valence electrons. The van der Waals surface area contributed by atoms with Crippen LogP contribution in [0.4, 0.5) is 0 Å². The summed E-state index contributed by atoms with van der Waals surface area (Å²) in [5, 5.41) is 3.35. The Hall–Kier alpha value is -2.13. The Kier molecular flexibility index (Phi) is 5.31. The number of benzene rings is 2. The largest absolute Gasteiger partial charge is 0.338 e. The highest BCUT2D eigenvalue weighted by molar-refractivity contribution is 5.78. The predicted octanol–water partition coefficient (Wildman–Crippen LogP) is 3.87. The van der Waals surface area contributed by atoms with Gasteiger partial charge in [0.1, 0.15) is 0 Å². The maximum Gasteiger partial charge on any atom is 0.236 e. The highest BCUT2D eigenvalue weighted by Crippen LogP contribution is 2.33. The first-order chi connectivity index (χ1) is 11.7. The van der Waals surface area contributed by atoms with Crippen molar-refractivity contribution >= 4 is 5.91 Å². The van der Waals surface area contributed by atoms with Gasteiger partial charge in [0.15, 0.2) is 0 Å². The molecule has 24 heavy (non-hydrogen) atoms. The van der Waals surface area contributed by atoms with Crippen LogP contribution in [0.15, 0.2) is 54.6 Å². The fraction of sp³-hybridized carbons (Fsp3) is 0.381. The zero-order valence-corrected chi connectivity index (χ0v) is 14.5. The summed E-state index contributed by atoms with van der Waals surface area (Å²) < 4.78 is 0. The Balaban J connectivity index is 1.61. The van der Waals surface area contributed by atoms with E-state index in [-0.39, 0.29) is 18.0 Å². The molecule has 0 saturated carbocycles. The van der Waals surface area contributed by atoms with E-state index in [0.29, 0.717) is 6.54 Å². The van der Waals surface area contributed by atoms with Crippen LogP contribution in [-0.2, 0) is 11.2 Å². The fourth-order valence-corrected chi connectivity index (χ4v) is 3.53. The van der Waals surface area contributed by atoms with E-state index in [1.165, 1.54) is 16.7 Å². The minimum absolute atomic E-state index is 0.152. The lowest BCUT2D eigenvalue weighted by Crippen LogP contribution is -2.39. The Morgan fingerprint density at radius 2 is 1.88 bits per heavy atom. The van der Waals surface area contributed by atoms with E-state index in [1.54, 1.807) is 0 Å². The number of hydrogen-bond donors (Lipinski definition) is 1. The molecular weight excluding hydrogens is 296 g/mol. The third-order valence-electron chi connectivity index (χ3n) is 5.06. The zero-order chi connectivity index (χ0) is 16.9. The van der Waals surface area contributed by atoms with Crippen LogP contribution in [0.1, 0.15) is 48.5 Å². The number of carbonyl (C=O) groups excluding carboxylic acids is 1. The number of nitrogens with one attached hydrogen (secondary N) is 1. The average Bonchev–Trinajstić information content (AvgIpc) is 2.65. The van der Waals surface area contributed by atoms with Crippen LogP contribution in [-0.4, -0.2) is 24.4 Å². The standard InChI is InChI=1S/C21H26N2O/c1-16(17-9-4-3-5-10-17)22-15-21(24)23(2)20-14-8-12-18-11-6-7-13-19(18)20/h3-7,9-11,13,16,20,22H,8,12,14-15H2,1-2H3. The van der Waals surface area contributed by atoms with E-state index in [9.17, 15) is 4.79 Å². The number of rotatable bonds is 5. The molecule has 1 N–H and O–H groups in total. The smallest absolute Gasteiger partial charge is 0.236 e. The predicted molar refractivity (Wildman–Crippen MR) is 97.8 cm³/mol. The van der Waals surface area contributed by atoms with E-state index in [4.69, 9.17) is 0 Å². The van der Waals surface area contributed by atoms with Crippen molar-refractivity contribution in [3.8, 4) is 0 Å². The number of amides is 1. The second kappa shape index (κ2) is 7.63. The van der Waals surface area contributed by atoms with Gasteiger partial charge in [0, 0.05) is 13.1 Å². The molecular formula is C21H26N2O. The Labute approximate surface area is 144 Å². The normalized spacial score (nSPS) is 17.8. The van der Waals surface area contributed by atoms with Crippen molar-refractivity contribution in [3.63, 3.8) is 0 Å². The number of likely N-dealkylation sites (N-methyl/N-ethyl adjacent to an activating group) is 1. The maximum atomic E-state index is 12.7. The molecule has 0 aromatic heterocycles. The van der Waals surface area contributed by atoms with E-state index < -0.39 is 0 Å². The van der Waals surface area contributed by atoms with E-state index >= 15 is 0 Å². The van der Waals surface area contributed by atoms with Crippen LogP contribution in [0.25, 0.3) is 0 Å². The fourth-order valence-electron chi connectivity index (χ4n) is 3.53. The molecule has 1 aliphatic rings. The summed E-state index contributed by atoms with van der Waals surface area (Å²) in [4.78, 5) is 14.6. The van der Waals surface area contributed by atoms with Crippen molar-refractivity contribution in [2.45, 2.75) is 38.3 Å². The van der Waals surface area contributed by atoms with Crippen molar-refractivity contribution in [1.29, 1.82) is 0 Å². The number of aryl methyl sites for hydroxylation is 1. The zero-order valence-electron chi connectivity index (χ0n) is 14.5. The van der Waals surface area contributed by atoms with Gasteiger partial charge in [0.05, 0.1) is 12.6 Å². The monoisotopic (exact) mass is 322 g/mol. The van der Waals surface area contributed by atoms with Gasteiger partial charge in [0.2, 0.25) is 5.91 Å². The average molecular weight is 322 g/mol. The van der Waals surface area contributed by atoms with Gasteiger partial charge in [-0.05, 0) is 42.9 Å². The highest BCUT2D eigenvalue weighted by atomic mass is 16.2. The van der Waals surface area contributed by atoms with Crippen LogP contribution < -0.4 is 5.32 Å². The van der Waals surface area contributed by atoms with Gasteiger partial charge in [-0.15, -0.1) is 0 Å². The maximum absolute atomic E-state index is 12.7. The van der Waals surface area contributed by atoms with Gasteiger partial charge in [-0.1, -0.05) is 54.6 Å². The lowest BCUT2D eigenvalue weighted by atomic mass is 9.87. The van der Waals surface area contributed by atoms with Crippen LogP contribution >= 0.6 is 0 Å². The molecule has 3 heteroatoms. The van der Waals surface area contributed by atoms with E-state index in [0.717, 1.165) is 19.3 Å². The van der Waals surface area contributed by atoms with Gasteiger partial charge < -0.3 is 10.2 Å². The van der Waals surface area contributed by atoms with Crippen LogP contribution in [0, 0.1) is 0 Å². The lowest BCUT2D eigenvalue weighted by Gasteiger charge is -2.33. The van der Waals surface area contributed by atoms with Gasteiger partial charge in [-0.2, -0.15) is 0 Å². The van der Waals surface area contributed by atoms with Crippen molar-refractivity contribution in [2.75, 3.05) is 13.6 Å². The number of hydrogen-bond acceptors (Lipinski definition) is 2. The molecule has 3 rings (SSSR count). The molecule has 1 aliphatic carbocycles. The molecule has 2 aromatic rings. The van der Waals surface area contributed by atoms with Crippen molar-refractivity contribution in [3.05, 3.63) is 71.3 Å². The third-order valence-corrected chi connectivity index (χ3v) is 5.06. The molecule has 2 aromatic carbocycles. The Morgan fingerprint density at radius 1 is 1.17 bits per heavy atom. The van der Waals surface area contributed by atoms with E-state index in [2.05, 4.69) is 48.6 Å². The van der Waals surface area contributed by atoms with Crippen molar-refractivity contribution in [1.82, 2.24) is 10.2 Å². The summed E-state index contributed by atoms with van der Waals surface area (Å²) >= 11 is 0. The summed E-state index contributed by atoms with van der Waals surface area (Å²) in [6.07, 6.45) is 3.32. The molecule has 2 unspecified atom stereocenters. The van der Waals surface area contributed by atoms with Gasteiger partial charge in [0.25, 0.3) is 0 Å². The van der Waals surface area contributed by atoms with Crippen LogP contribution in [0.5, 0.6) is 0 Å². The quantitative estimate of drug-likeness (QED) is 0.906. The highest BCUT2D eigenvalue weighted by Gasteiger charge is 2.26. The molecule has 0 fully saturated rings. The van der Waals surface area contributed by atoms with Crippen molar-refractivity contribution < 1.29 is 4.79 Å². The summed E-state index contributed by atoms with van der Waals surface area (Å²) in [5.74, 6) is 0.152. The minimum Gasteiger partial charge on any atom is -0.338 e. The SMILES string of the molecule is CC(NCC(=O)N(C)C1CCCc2ccccc21)c1ccccc1. The van der Waals surface area contributed by atoms with Crippen LogP contribution in [0.2, 0.25) is 0 Å². The van der Waals surface area contributed by atoms with Crippen molar-refractivity contribution in [2.24, 2.45) is 0 Å². The molecule has 1 amide bonds. The first kappa shape index (κ1) is 16.7. The lowest BCUT2D eigenvalue weighted by molar-refractivity contribution is -0.131. The number of nitrogens with zero attached hydrogens (tertiary/aromatic N) is 1. The summed E-state index contributed by atoms with van der Waals surface area (Å²) in [7, 11) is 1.93. The topological polar surface area (TPSA) is 32.3 Å². The first-order valence-corrected chi connectivity index (χ1v) is 8.78. The first-order valence-electron chi connectivity index (χ1n) is 8.78. The third kappa shape index (κ3) is 3.68. The van der Waals surface area contributed by atoms with Gasteiger partial charge in [-0.25, -0.2) is 0 Å². The van der Waals surface area contributed by atoms with Gasteiger partial charge >= 0.3 is 0 Å². The molecule has 0 saturated heterocycles. The summed E-state index contributed by atoms with van der Waals surface area (Å²) in [5.41, 5.74) is 3.91. The summed E-state index contributed by atoms with van der Waals surface area (Å²) in [6, 6.07) is 19.1. The Morgan fingerprint density at radius 3 is 2.67 bits per heavy atom. The molecule has 0 bridgehead atoms. The summed E-state index contributed by atoms with van der Waals surface area (Å²) in [6.45, 7) is 2.46. The number of carbonyl (C=O) groups is 1. The number of fused-ring (bicyclic) bond motifs is 1. The molecule has 3 nitrogen and oxygen atoms in total. The second-order valence-corrected chi connectivity index (χ2v) is 6.62. The molecule has 0 spiro atoms.